The number of amides is 1. The van der Waals surface area contributed by atoms with Gasteiger partial charge in [0.05, 0.1) is 28.0 Å². The lowest BCUT2D eigenvalue weighted by Gasteiger charge is -2.30. The number of hydrogen-bond acceptors (Lipinski definition) is 5. The molecule has 0 aliphatic carbocycles. The van der Waals surface area contributed by atoms with E-state index in [2.05, 4.69) is 5.32 Å². The number of halogens is 2. The molecule has 166 valence electrons. The molecule has 2 aromatic carbocycles. The molecular formula is C21H22Cl2N2O5S. The lowest BCUT2D eigenvalue weighted by molar-refractivity contribution is -0.149. The van der Waals surface area contributed by atoms with E-state index in [9.17, 15) is 18.0 Å². The molecule has 0 bridgehead atoms. The number of esters is 1. The Kier molecular flexibility index (Phi) is 7.59. The van der Waals surface area contributed by atoms with Crippen LogP contribution in [0.5, 0.6) is 0 Å². The zero-order valence-corrected chi connectivity index (χ0v) is 19.1. The summed E-state index contributed by atoms with van der Waals surface area (Å²) in [5.74, 6) is -0.984. The monoisotopic (exact) mass is 484 g/mol. The zero-order chi connectivity index (χ0) is 22.6. The summed E-state index contributed by atoms with van der Waals surface area (Å²) in [6.07, 6.45) is 0.849. The Hall–Kier alpha value is -2.13. The highest BCUT2D eigenvalue weighted by Gasteiger charge is 2.32. The fourth-order valence-electron chi connectivity index (χ4n) is 3.32. The minimum absolute atomic E-state index is 0.115. The summed E-state index contributed by atoms with van der Waals surface area (Å²) in [5.41, 5.74) is 0.684. The first-order chi connectivity index (χ1) is 14.7. The molecule has 0 atom stereocenters. The van der Waals surface area contributed by atoms with Gasteiger partial charge in [-0.2, -0.15) is 4.31 Å². The Morgan fingerprint density at radius 1 is 1.10 bits per heavy atom. The van der Waals surface area contributed by atoms with Crippen molar-refractivity contribution in [2.45, 2.75) is 24.7 Å². The topological polar surface area (TPSA) is 92.8 Å². The minimum atomic E-state index is -3.70. The van der Waals surface area contributed by atoms with Gasteiger partial charge >= 0.3 is 5.97 Å². The van der Waals surface area contributed by atoms with Crippen molar-refractivity contribution in [3.63, 3.8) is 0 Å². The molecule has 0 unspecified atom stereocenters. The third-order valence-electron chi connectivity index (χ3n) is 5.00. The Bertz CT molecular complexity index is 1070. The van der Waals surface area contributed by atoms with Crippen LogP contribution in [0.25, 0.3) is 0 Å². The molecule has 1 heterocycles. The van der Waals surface area contributed by atoms with Gasteiger partial charge in [0.15, 0.2) is 0 Å². The van der Waals surface area contributed by atoms with E-state index in [0.29, 0.717) is 30.2 Å². The molecule has 1 N–H and O–H groups in total. The molecule has 1 aliphatic rings. The van der Waals surface area contributed by atoms with Gasteiger partial charge in [0.1, 0.15) is 0 Å². The van der Waals surface area contributed by atoms with Crippen LogP contribution in [-0.2, 0) is 19.6 Å². The number of nitrogens with one attached hydrogen (secondary N) is 1. The molecule has 1 saturated heterocycles. The number of hydrogen-bond donors (Lipinski definition) is 1. The van der Waals surface area contributed by atoms with E-state index in [-0.39, 0.29) is 40.5 Å². The fraction of sp³-hybridized carbons (Fsp3) is 0.333. The van der Waals surface area contributed by atoms with Crippen LogP contribution in [0.2, 0.25) is 10.0 Å². The van der Waals surface area contributed by atoms with Crippen LogP contribution in [0.15, 0.2) is 47.4 Å². The third kappa shape index (κ3) is 5.57. The fourth-order valence-corrected chi connectivity index (χ4v) is 5.29. The maximum Gasteiger partial charge on any atom is 0.309 e. The number of carbonyl (C=O) groups is 2. The predicted molar refractivity (Wildman–Crippen MR) is 119 cm³/mol. The average Bonchev–Trinajstić information content (AvgIpc) is 2.74. The minimum Gasteiger partial charge on any atom is -0.466 e. The van der Waals surface area contributed by atoms with Gasteiger partial charge in [-0.25, -0.2) is 8.42 Å². The molecular weight excluding hydrogens is 463 g/mol. The molecule has 0 radical (unpaired) electrons. The van der Waals surface area contributed by atoms with Gasteiger partial charge in [0.25, 0.3) is 5.91 Å². The first kappa shape index (κ1) is 23.5. The molecule has 1 fully saturated rings. The molecule has 7 nitrogen and oxygen atoms in total. The van der Waals surface area contributed by atoms with Crippen molar-refractivity contribution in [3.05, 3.63) is 58.1 Å². The van der Waals surface area contributed by atoms with E-state index in [1.54, 1.807) is 13.0 Å². The molecule has 1 aliphatic heterocycles. The van der Waals surface area contributed by atoms with Crippen LogP contribution in [0, 0.1) is 5.92 Å². The highest BCUT2D eigenvalue weighted by molar-refractivity contribution is 7.89. The molecule has 10 heteroatoms. The van der Waals surface area contributed by atoms with Gasteiger partial charge in [-0.15, -0.1) is 0 Å². The van der Waals surface area contributed by atoms with E-state index in [1.165, 1.54) is 40.7 Å². The Morgan fingerprint density at radius 2 is 1.74 bits per heavy atom. The second-order valence-electron chi connectivity index (χ2n) is 7.03. The van der Waals surface area contributed by atoms with Crippen molar-refractivity contribution in [2.24, 2.45) is 5.92 Å². The number of ether oxygens (including phenoxy) is 1. The highest BCUT2D eigenvalue weighted by Crippen LogP contribution is 2.26. The number of carbonyl (C=O) groups excluding carboxylic acids is 2. The van der Waals surface area contributed by atoms with Crippen LogP contribution in [0.1, 0.15) is 30.1 Å². The van der Waals surface area contributed by atoms with E-state index >= 15 is 0 Å². The molecule has 3 rings (SSSR count). The molecule has 1 amide bonds. The second-order valence-corrected chi connectivity index (χ2v) is 9.81. The van der Waals surface area contributed by atoms with Crippen molar-refractivity contribution < 1.29 is 22.7 Å². The van der Waals surface area contributed by atoms with Crippen LogP contribution < -0.4 is 5.32 Å². The molecule has 0 saturated carbocycles. The molecule has 0 spiro atoms. The molecule has 31 heavy (non-hydrogen) atoms. The van der Waals surface area contributed by atoms with Crippen molar-refractivity contribution in [3.8, 4) is 0 Å². The van der Waals surface area contributed by atoms with Gasteiger partial charge < -0.3 is 10.1 Å². The SMILES string of the molecule is CCOC(=O)C1CCN(S(=O)(=O)c2ccc(NC(=O)c3ccc(Cl)cc3Cl)cc2)CC1. The van der Waals surface area contributed by atoms with Gasteiger partial charge in [0.2, 0.25) is 10.0 Å². The average molecular weight is 485 g/mol. The first-order valence-electron chi connectivity index (χ1n) is 9.75. The standard InChI is InChI=1S/C21H22Cl2N2O5S/c1-2-30-21(27)14-9-11-25(12-10-14)31(28,29)17-6-4-16(5-7-17)24-20(26)18-8-3-15(22)13-19(18)23/h3-8,13-14H,2,9-12H2,1H3,(H,24,26). The van der Waals surface area contributed by atoms with Crippen molar-refractivity contribution in [1.29, 1.82) is 0 Å². The van der Waals surface area contributed by atoms with Crippen molar-refractivity contribution in [1.82, 2.24) is 4.31 Å². The maximum atomic E-state index is 12.9. The summed E-state index contributed by atoms with van der Waals surface area (Å²) in [5, 5.41) is 3.32. The van der Waals surface area contributed by atoms with Crippen molar-refractivity contribution >= 4 is 50.8 Å². The number of anilines is 1. The largest absolute Gasteiger partial charge is 0.466 e. The van der Waals surface area contributed by atoms with E-state index in [0.717, 1.165) is 0 Å². The highest BCUT2D eigenvalue weighted by atomic mass is 35.5. The maximum absolute atomic E-state index is 12.9. The van der Waals surface area contributed by atoms with Gasteiger partial charge in [-0.3, -0.25) is 9.59 Å². The summed E-state index contributed by atoms with van der Waals surface area (Å²) in [4.78, 5) is 24.4. The van der Waals surface area contributed by atoms with Crippen LogP contribution in [0.4, 0.5) is 5.69 Å². The lowest BCUT2D eigenvalue weighted by atomic mass is 9.98. The number of sulfonamides is 1. The summed E-state index contributed by atoms with van der Waals surface area (Å²) in [6.45, 7) is 2.55. The Labute approximate surface area is 191 Å². The lowest BCUT2D eigenvalue weighted by Crippen LogP contribution is -2.40. The number of rotatable bonds is 6. The normalized spacial score (nSPS) is 15.5. The summed E-state index contributed by atoms with van der Waals surface area (Å²) in [6, 6.07) is 10.4. The second kappa shape index (κ2) is 9.99. The van der Waals surface area contributed by atoms with Gasteiger partial charge in [-0.05, 0) is 62.2 Å². The van der Waals surface area contributed by atoms with E-state index in [4.69, 9.17) is 27.9 Å². The number of nitrogens with zero attached hydrogens (tertiary/aromatic N) is 1. The summed E-state index contributed by atoms with van der Waals surface area (Å²) in [7, 11) is -3.70. The first-order valence-corrected chi connectivity index (χ1v) is 11.9. The third-order valence-corrected chi connectivity index (χ3v) is 7.46. The predicted octanol–water partition coefficient (Wildman–Crippen LogP) is 4.21. The zero-order valence-electron chi connectivity index (χ0n) is 16.8. The Morgan fingerprint density at radius 3 is 2.32 bits per heavy atom. The van der Waals surface area contributed by atoms with Gasteiger partial charge in [0, 0.05) is 23.8 Å². The van der Waals surface area contributed by atoms with Crippen LogP contribution in [0.3, 0.4) is 0 Å². The number of benzene rings is 2. The summed E-state index contributed by atoms with van der Waals surface area (Å²) < 4.78 is 32.2. The van der Waals surface area contributed by atoms with Crippen LogP contribution >= 0.6 is 23.2 Å². The van der Waals surface area contributed by atoms with Crippen molar-refractivity contribution in [2.75, 3.05) is 25.0 Å². The molecule has 0 aromatic heterocycles. The van der Waals surface area contributed by atoms with Gasteiger partial charge in [-0.1, -0.05) is 23.2 Å². The van der Waals surface area contributed by atoms with Crippen LogP contribution in [-0.4, -0.2) is 44.3 Å². The molecule has 2 aromatic rings. The van der Waals surface area contributed by atoms with E-state index < -0.39 is 15.9 Å². The Balaban J connectivity index is 1.65. The smallest absolute Gasteiger partial charge is 0.309 e. The number of piperidine rings is 1. The quantitative estimate of drug-likeness (QED) is 0.619. The summed E-state index contributed by atoms with van der Waals surface area (Å²) >= 11 is 11.9. The van der Waals surface area contributed by atoms with E-state index in [1.807, 2.05) is 0 Å².